The lowest BCUT2D eigenvalue weighted by Crippen LogP contribution is -2.35. The molecule has 0 saturated carbocycles. The zero-order valence-electron chi connectivity index (χ0n) is 10.6. The van der Waals surface area contributed by atoms with E-state index in [0.29, 0.717) is 6.04 Å². The highest BCUT2D eigenvalue weighted by molar-refractivity contribution is 5.21. The van der Waals surface area contributed by atoms with Crippen LogP contribution in [0.4, 0.5) is 0 Å². The van der Waals surface area contributed by atoms with Crippen LogP contribution in [-0.4, -0.2) is 46.8 Å². The number of hydrogen-bond acceptors (Lipinski definition) is 3. The van der Waals surface area contributed by atoms with Crippen LogP contribution < -0.4 is 5.56 Å². The summed E-state index contributed by atoms with van der Waals surface area (Å²) in [5, 5.41) is 3.32. The topological polar surface area (TPSA) is 44.3 Å². The Morgan fingerprint density at radius 1 is 1.12 bits per heavy atom. The number of piperidine rings is 1. The number of fused-ring (bicyclic) bond motifs is 1. The van der Waals surface area contributed by atoms with E-state index in [1.165, 1.54) is 0 Å². The number of aromatic amines is 1. The fourth-order valence-electron chi connectivity index (χ4n) is 2.94. The molecule has 2 aliphatic rings. The smallest absolute Gasteiger partial charge is 0.271 e. The van der Waals surface area contributed by atoms with Crippen molar-refractivity contribution in [3.8, 4) is 0 Å². The predicted molar refractivity (Wildman–Crippen MR) is 66.0 cm³/mol. The van der Waals surface area contributed by atoms with Gasteiger partial charge in [-0.25, -0.2) is 4.68 Å². The van der Waals surface area contributed by atoms with Crippen LogP contribution in [0.25, 0.3) is 0 Å². The van der Waals surface area contributed by atoms with E-state index in [1.807, 2.05) is 11.7 Å². The fraction of sp³-hybridized carbons (Fsp3) is 0.750. The van der Waals surface area contributed by atoms with Gasteiger partial charge in [-0.05, 0) is 40.0 Å². The number of H-pyrrole nitrogens is 1. The lowest BCUT2D eigenvalue weighted by molar-refractivity contribution is 0.208. The SMILES string of the molecule is CN1CCC(n2[nH]c3c(c2=O)CN(C)C3)CC1. The Bertz CT molecular complexity index is 467. The van der Waals surface area contributed by atoms with Gasteiger partial charge < -0.3 is 4.90 Å². The van der Waals surface area contributed by atoms with E-state index in [9.17, 15) is 4.79 Å². The second kappa shape index (κ2) is 3.99. The molecule has 1 N–H and O–H groups in total. The van der Waals surface area contributed by atoms with Crippen LogP contribution in [-0.2, 0) is 13.1 Å². The Hall–Kier alpha value is -1.07. The van der Waals surface area contributed by atoms with Crippen molar-refractivity contribution in [1.29, 1.82) is 0 Å². The molecule has 0 aromatic carbocycles. The van der Waals surface area contributed by atoms with Gasteiger partial charge >= 0.3 is 0 Å². The first kappa shape index (κ1) is 11.0. The van der Waals surface area contributed by atoms with Crippen molar-refractivity contribution < 1.29 is 0 Å². The molecule has 3 rings (SSSR count). The summed E-state index contributed by atoms with van der Waals surface area (Å²) >= 11 is 0. The number of nitrogens with zero attached hydrogens (tertiary/aromatic N) is 3. The molecule has 0 atom stereocenters. The van der Waals surface area contributed by atoms with Gasteiger partial charge in [-0.3, -0.25) is 14.8 Å². The van der Waals surface area contributed by atoms with Crippen molar-refractivity contribution in [3.05, 3.63) is 21.6 Å². The molecule has 1 aromatic rings. The minimum Gasteiger partial charge on any atom is -0.306 e. The monoisotopic (exact) mass is 236 g/mol. The third-order valence-corrected chi connectivity index (χ3v) is 4.01. The molecule has 0 radical (unpaired) electrons. The van der Waals surface area contributed by atoms with Crippen molar-refractivity contribution in [2.24, 2.45) is 0 Å². The van der Waals surface area contributed by atoms with Crippen LogP contribution in [0, 0.1) is 0 Å². The Labute approximate surface area is 101 Å². The number of likely N-dealkylation sites (tertiary alicyclic amines) is 1. The summed E-state index contributed by atoms with van der Waals surface area (Å²) in [5.74, 6) is 0. The second-order valence-electron chi connectivity index (χ2n) is 5.45. The molecule has 0 aliphatic carbocycles. The summed E-state index contributed by atoms with van der Waals surface area (Å²) in [6.45, 7) is 3.84. The lowest BCUT2D eigenvalue weighted by Gasteiger charge is -2.29. The molecule has 3 heterocycles. The zero-order valence-corrected chi connectivity index (χ0v) is 10.6. The maximum atomic E-state index is 12.3. The van der Waals surface area contributed by atoms with Crippen LogP contribution in [0.5, 0.6) is 0 Å². The molecule has 94 valence electrons. The molecule has 1 aromatic heterocycles. The van der Waals surface area contributed by atoms with Gasteiger partial charge in [0.05, 0.1) is 17.3 Å². The lowest BCUT2D eigenvalue weighted by atomic mass is 10.1. The van der Waals surface area contributed by atoms with Crippen molar-refractivity contribution in [2.75, 3.05) is 27.2 Å². The van der Waals surface area contributed by atoms with Gasteiger partial charge in [0.15, 0.2) is 0 Å². The molecule has 0 bridgehead atoms. The molecule has 0 amide bonds. The quantitative estimate of drug-likeness (QED) is 0.767. The minimum atomic E-state index is 0.207. The average molecular weight is 236 g/mol. The van der Waals surface area contributed by atoms with Crippen molar-refractivity contribution >= 4 is 0 Å². The highest BCUT2D eigenvalue weighted by Gasteiger charge is 2.27. The Kier molecular flexibility index (Phi) is 2.60. The van der Waals surface area contributed by atoms with Gasteiger partial charge in [0, 0.05) is 13.1 Å². The fourth-order valence-corrected chi connectivity index (χ4v) is 2.94. The molecule has 1 fully saturated rings. The highest BCUT2D eigenvalue weighted by atomic mass is 16.1. The Morgan fingerprint density at radius 2 is 1.82 bits per heavy atom. The Balaban J connectivity index is 1.86. The average Bonchev–Trinajstić information content (AvgIpc) is 2.79. The van der Waals surface area contributed by atoms with E-state index in [2.05, 4.69) is 21.9 Å². The summed E-state index contributed by atoms with van der Waals surface area (Å²) in [4.78, 5) is 16.8. The maximum absolute atomic E-state index is 12.3. The summed E-state index contributed by atoms with van der Waals surface area (Å²) in [6, 6.07) is 0.370. The molecule has 0 spiro atoms. The summed E-state index contributed by atoms with van der Waals surface area (Å²) in [7, 11) is 4.19. The number of rotatable bonds is 1. The third-order valence-electron chi connectivity index (χ3n) is 4.01. The molecular weight excluding hydrogens is 216 g/mol. The van der Waals surface area contributed by atoms with Gasteiger partial charge in [-0.1, -0.05) is 0 Å². The van der Waals surface area contributed by atoms with E-state index in [0.717, 1.165) is 50.3 Å². The summed E-state index contributed by atoms with van der Waals surface area (Å²) in [5.41, 5.74) is 2.31. The van der Waals surface area contributed by atoms with Crippen LogP contribution >= 0.6 is 0 Å². The maximum Gasteiger partial charge on any atom is 0.271 e. The van der Waals surface area contributed by atoms with Crippen molar-refractivity contribution in [1.82, 2.24) is 19.6 Å². The van der Waals surface area contributed by atoms with Crippen LogP contribution in [0.2, 0.25) is 0 Å². The van der Waals surface area contributed by atoms with E-state index in [1.54, 1.807) is 0 Å². The number of aromatic nitrogens is 2. The zero-order chi connectivity index (χ0) is 12.0. The standard InChI is InChI=1S/C12H20N4O/c1-14-5-3-9(4-6-14)16-12(17)10-7-15(2)8-11(10)13-16/h9,13H,3-8H2,1-2H3. The number of nitrogens with one attached hydrogen (secondary N) is 1. The molecule has 1 saturated heterocycles. The minimum absolute atomic E-state index is 0.207. The van der Waals surface area contributed by atoms with Gasteiger partial charge in [-0.15, -0.1) is 0 Å². The highest BCUT2D eigenvalue weighted by Crippen LogP contribution is 2.22. The van der Waals surface area contributed by atoms with E-state index < -0.39 is 0 Å². The molecule has 2 aliphatic heterocycles. The van der Waals surface area contributed by atoms with E-state index in [4.69, 9.17) is 0 Å². The molecule has 17 heavy (non-hydrogen) atoms. The summed E-state index contributed by atoms with van der Waals surface area (Å²) in [6.07, 6.45) is 2.15. The normalized spacial score (nSPS) is 23.2. The van der Waals surface area contributed by atoms with Gasteiger partial charge in [0.2, 0.25) is 0 Å². The van der Waals surface area contributed by atoms with E-state index in [-0.39, 0.29) is 5.56 Å². The summed E-state index contributed by atoms with van der Waals surface area (Å²) < 4.78 is 1.88. The third kappa shape index (κ3) is 1.83. The molecular formula is C12H20N4O. The molecule has 5 heteroatoms. The van der Waals surface area contributed by atoms with Crippen LogP contribution in [0.1, 0.15) is 30.1 Å². The van der Waals surface area contributed by atoms with Crippen LogP contribution in [0.3, 0.4) is 0 Å². The van der Waals surface area contributed by atoms with Gasteiger partial charge in [0.25, 0.3) is 5.56 Å². The first-order chi connectivity index (χ1) is 8.15. The molecule has 5 nitrogen and oxygen atoms in total. The molecule has 0 unspecified atom stereocenters. The van der Waals surface area contributed by atoms with Crippen LogP contribution in [0.15, 0.2) is 4.79 Å². The number of hydrogen-bond donors (Lipinski definition) is 1. The first-order valence-corrected chi connectivity index (χ1v) is 6.34. The first-order valence-electron chi connectivity index (χ1n) is 6.34. The van der Waals surface area contributed by atoms with Crippen molar-refractivity contribution in [3.63, 3.8) is 0 Å². The largest absolute Gasteiger partial charge is 0.306 e. The van der Waals surface area contributed by atoms with Crippen molar-refractivity contribution in [2.45, 2.75) is 32.0 Å². The Morgan fingerprint density at radius 3 is 2.47 bits per heavy atom. The van der Waals surface area contributed by atoms with E-state index >= 15 is 0 Å². The second-order valence-corrected chi connectivity index (χ2v) is 5.45. The van der Waals surface area contributed by atoms with Gasteiger partial charge in [-0.2, -0.15) is 0 Å². The predicted octanol–water partition coefficient (Wildman–Crippen LogP) is 0.389. The van der Waals surface area contributed by atoms with Gasteiger partial charge in [0.1, 0.15) is 0 Å².